The van der Waals surface area contributed by atoms with Gasteiger partial charge in [0.2, 0.25) is 0 Å². The Labute approximate surface area is 177 Å². The van der Waals surface area contributed by atoms with E-state index in [1.165, 1.54) is 0 Å². The second-order valence-corrected chi connectivity index (χ2v) is 7.90. The minimum Gasteiger partial charge on any atom is -0.452 e. The molecule has 0 saturated heterocycles. The fourth-order valence-corrected chi connectivity index (χ4v) is 4.01. The summed E-state index contributed by atoms with van der Waals surface area (Å²) in [6.07, 6.45) is 4.20. The van der Waals surface area contributed by atoms with Gasteiger partial charge < -0.3 is 15.4 Å². The minimum absolute atomic E-state index is 0.184. The van der Waals surface area contributed by atoms with Crippen LogP contribution in [0.25, 0.3) is 0 Å². The highest BCUT2D eigenvalue weighted by atomic mass is 16.5. The molecule has 1 aliphatic rings. The fourth-order valence-electron chi connectivity index (χ4n) is 4.01. The van der Waals surface area contributed by atoms with Crippen LogP contribution in [0, 0.1) is 20.8 Å². The van der Waals surface area contributed by atoms with Gasteiger partial charge in [-0.1, -0.05) is 42.7 Å². The van der Waals surface area contributed by atoms with Crippen LogP contribution in [0.4, 0.5) is 5.69 Å². The first-order valence-corrected chi connectivity index (χ1v) is 10.3. The summed E-state index contributed by atoms with van der Waals surface area (Å²) in [5.41, 5.74) is 3.96. The van der Waals surface area contributed by atoms with Gasteiger partial charge in [0.05, 0.1) is 16.8 Å². The number of nitrogens with one attached hydrogen (secondary N) is 2. The third-order valence-electron chi connectivity index (χ3n) is 5.35. The van der Waals surface area contributed by atoms with Crippen LogP contribution >= 0.6 is 0 Å². The molecule has 0 atom stereocenters. The number of ether oxygens (including phenoxy) is 1. The van der Waals surface area contributed by atoms with Crippen LogP contribution in [0.5, 0.6) is 0 Å². The van der Waals surface area contributed by atoms with Gasteiger partial charge in [-0.05, 0) is 56.9 Å². The van der Waals surface area contributed by atoms with E-state index < -0.39 is 18.5 Å². The van der Waals surface area contributed by atoms with E-state index in [2.05, 4.69) is 10.6 Å². The second kappa shape index (κ2) is 9.57. The van der Waals surface area contributed by atoms with Crippen molar-refractivity contribution in [2.24, 2.45) is 0 Å². The van der Waals surface area contributed by atoms with E-state index >= 15 is 0 Å². The molecule has 0 aromatic heterocycles. The first-order valence-electron chi connectivity index (χ1n) is 10.3. The van der Waals surface area contributed by atoms with Crippen molar-refractivity contribution in [3.05, 3.63) is 64.2 Å². The predicted octanol–water partition coefficient (Wildman–Crippen LogP) is 4.08. The van der Waals surface area contributed by atoms with Crippen molar-refractivity contribution >= 4 is 23.5 Å². The summed E-state index contributed by atoms with van der Waals surface area (Å²) in [7, 11) is 0. The van der Waals surface area contributed by atoms with Crippen LogP contribution in [0.15, 0.2) is 36.4 Å². The number of anilines is 1. The number of amides is 2. The Morgan fingerprint density at radius 2 is 1.63 bits per heavy atom. The number of aryl methyl sites for hydroxylation is 3. The average Bonchev–Trinajstić information content (AvgIpc) is 3.19. The zero-order valence-electron chi connectivity index (χ0n) is 17.7. The maximum Gasteiger partial charge on any atom is 0.339 e. The van der Waals surface area contributed by atoms with Crippen LogP contribution < -0.4 is 10.6 Å². The van der Waals surface area contributed by atoms with E-state index in [9.17, 15) is 14.4 Å². The molecule has 0 aliphatic heterocycles. The van der Waals surface area contributed by atoms with Crippen LogP contribution in [0.3, 0.4) is 0 Å². The summed E-state index contributed by atoms with van der Waals surface area (Å²) < 4.78 is 5.22. The highest BCUT2D eigenvalue weighted by Crippen LogP contribution is 2.21. The highest BCUT2D eigenvalue weighted by Gasteiger charge is 2.21. The first kappa shape index (κ1) is 21.6. The summed E-state index contributed by atoms with van der Waals surface area (Å²) in [6, 6.07) is 10.8. The van der Waals surface area contributed by atoms with Crippen molar-refractivity contribution in [3.63, 3.8) is 0 Å². The molecule has 1 aliphatic carbocycles. The number of hydrogen-bond acceptors (Lipinski definition) is 4. The van der Waals surface area contributed by atoms with Crippen LogP contribution in [-0.2, 0) is 9.53 Å². The van der Waals surface area contributed by atoms with Gasteiger partial charge in [-0.3, -0.25) is 9.59 Å². The Hall–Kier alpha value is -3.15. The van der Waals surface area contributed by atoms with Gasteiger partial charge in [-0.2, -0.15) is 0 Å². The highest BCUT2D eigenvalue weighted by molar-refractivity contribution is 6.04. The van der Waals surface area contributed by atoms with E-state index in [1.54, 1.807) is 24.3 Å². The van der Waals surface area contributed by atoms with Gasteiger partial charge in [0.1, 0.15) is 0 Å². The monoisotopic (exact) mass is 408 g/mol. The number of para-hydroxylation sites is 1. The summed E-state index contributed by atoms with van der Waals surface area (Å²) in [5.74, 6) is -1.24. The van der Waals surface area contributed by atoms with Crippen molar-refractivity contribution in [2.45, 2.75) is 52.5 Å². The lowest BCUT2D eigenvalue weighted by atomic mass is 10.00. The van der Waals surface area contributed by atoms with Crippen molar-refractivity contribution in [1.82, 2.24) is 5.32 Å². The molecule has 0 heterocycles. The Balaban J connectivity index is 1.61. The van der Waals surface area contributed by atoms with Crippen molar-refractivity contribution < 1.29 is 19.1 Å². The Morgan fingerprint density at radius 1 is 1.00 bits per heavy atom. The van der Waals surface area contributed by atoms with Gasteiger partial charge in [0.25, 0.3) is 11.8 Å². The van der Waals surface area contributed by atoms with E-state index in [1.807, 2.05) is 32.9 Å². The Bertz CT molecular complexity index is 938. The third-order valence-corrected chi connectivity index (χ3v) is 5.35. The molecule has 2 N–H and O–H groups in total. The molecule has 0 radical (unpaired) electrons. The van der Waals surface area contributed by atoms with Gasteiger partial charge in [0, 0.05) is 6.04 Å². The molecule has 1 saturated carbocycles. The van der Waals surface area contributed by atoms with E-state index in [0.29, 0.717) is 16.8 Å². The van der Waals surface area contributed by atoms with Gasteiger partial charge in [-0.15, -0.1) is 0 Å². The van der Waals surface area contributed by atoms with E-state index in [0.717, 1.165) is 42.4 Å². The molecule has 0 unspecified atom stereocenters. The number of carbonyl (C=O) groups excluding carboxylic acids is 3. The first-order chi connectivity index (χ1) is 14.3. The van der Waals surface area contributed by atoms with E-state index in [4.69, 9.17) is 4.74 Å². The molecule has 6 nitrogen and oxygen atoms in total. The van der Waals surface area contributed by atoms with Gasteiger partial charge in [0.15, 0.2) is 6.61 Å². The largest absolute Gasteiger partial charge is 0.452 e. The molecular formula is C24H28N2O4. The quantitative estimate of drug-likeness (QED) is 0.706. The predicted molar refractivity (Wildman–Crippen MR) is 116 cm³/mol. The molecule has 0 bridgehead atoms. The third kappa shape index (κ3) is 5.26. The van der Waals surface area contributed by atoms with Crippen LogP contribution in [0.1, 0.15) is 63.1 Å². The topological polar surface area (TPSA) is 84.5 Å². The number of esters is 1. The van der Waals surface area contributed by atoms with Crippen molar-refractivity contribution in [3.8, 4) is 0 Å². The normalized spacial score (nSPS) is 13.7. The number of hydrogen-bond donors (Lipinski definition) is 2. The van der Waals surface area contributed by atoms with Gasteiger partial charge in [-0.25, -0.2) is 4.79 Å². The maximum atomic E-state index is 12.6. The Morgan fingerprint density at radius 3 is 2.30 bits per heavy atom. The molecule has 2 aromatic carbocycles. The number of carbonyl (C=O) groups is 3. The minimum atomic E-state index is -0.535. The zero-order valence-corrected chi connectivity index (χ0v) is 17.7. The molecule has 158 valence electrons. The lowest BCUT2D eigenvalue weighted by Gasteiger charge is -2.15. The lowest BCUT2D eigenvalue weighted by Crippen LogP contribution is -2.33. The maximum absolute atomic E-state index is 12.6. The molecule has 3 rings (SSSR count). The summed E-state index contributed by atoms with van der Waals surface area (Å²) >= 11 is 0. The summed E-state index contributed by atoms with van der Waals surface area (Å²) in [6.45, 7) is 5.22. The summed E-state index contributed by atoms with van der Waals surface area (Å²) in [5, 5.41) is 5.71. The average molecular weight is 408 g/mol. The Kier molecular flexibility index (Phi) is 6.87. The molecule has 6 heteroatoms. The standard InChI is InChI=1S/C24H28N2O4/c1-15-12-16(2)22(17(3)13-15)24(29)30-14-21(27)26-20-11-7-6-10-19(20)23(28)25-18-8-4-5-9-18/h6-7,10-13,18H,4-5,8-9,14H2,1-3H3,(H,25,28)(H,26,27). The summed E-state index contributed by atoms with van der Waals surface area (Å²) in [4.78, 5) is 37.4. The second-order valence-electron chi connectivity index (χ2n) is 7.90. The number of rotatable bonds is 6. The van der Waals surface area contributed by atoms with Crippen molar-refractivity contribution in [2.75, 3.05) is 11.9 Å². The smallest absolute Gasteiger partial charge is 0.339 e. The number of benzene rings is 2. The molecule has 2 aromatic rings. The van der Waals surface area contributed by atoms with Crippen molar-refractivity contribution in [1.29, 1.82) is 0 Å². The molecule has 0 spiro atoms. The van der Waals surface area contributed by atoms with E-state index in [-0.39, 0.29) is 11.9 Å². The lowest BCUT2D eigenvalue weighted by molar-refractivity contribution is -0.119. The fraction of sp³-hybridized carbons (Fsp3) is 0.375. The molecule has 30 heavy (non-hydrogen) atoms. The van der Waals surface area contributed by atoms with Gasteiger partial charge >= 0.3 is 5.97 Å². The van der Waals surface area contributed by atoms with Crippen LogP contribution in [0.2, 0.25) is 0 Å². The molecule has 1 fully saturated rings. The van der Waals surface area contributed by atoms with Crippen LogP contribution in [-0.4, -0.2) is 30.4 Å². The molecular weight excluding hydrogens is 380 g/mol. The zero-order chi connectivity index (χ0) is 21.7. The SMILES string of the molecule is Cc1cc(C)c(C(=O)OCC(=O)Nc2ccccc2C(=O)NC2CCCC2)c(C)c1. The molecule has 2 amide bonds.